The van der Waals surface area contributed by atoms with Gasteiger partial charge < -0.3 is 0 Å². The number of hydrogen-bond acceptors (Lipinski definition) is 2. The molecule has 2 aromatic heterocycles. The van der Waals surface area contributed by atoms with E-state index >= 15 is 0 Å². The number of aromatic amines is 1. The number of aryl methyl sites for hydroxylation is 2. The van der Waals surface area contributed by atoms with E-state index in [-0.39, 0.29) is 0 Å². The van der Waals surface area contributed by atoms with Gasteiger partial charge in [0.05, 0.1) is 0 Å². The third-order valence-corrected chi connectivity index (χ3v) is 2.29. The molecule has 13 heavy (non-hydrogen) atoms. The van der Waals surface area contributed by atoms with Crippen LogP contribution in [0.3, 0.4) is 0 Å². The molecule has 0 aromatic carbocycles. The Labute approximate surface area is 81.4 Å². The fourth-order valence-corrected chi connectivity index (χ4v) is 1.62. The van der Waals surface area contributed by atoms with Crippen LogP contribution in [0.4, 0.5) is 0 Å². The predicted octanol–water partition coefficient (Wildman–Crippen LogP) is 2.26. The molecule has 0 radical (unpaired) electrons. The van der Waals surface area contributed by atoms with Crippen LogP contribution < -0.4 is 0 Å². The van der Waals surface area contributed by atoms with Gasteiger partial charge in [-0.1, -0.05) is 19.1 Å². The topological polar surface area (TPSA) is 33.1 Å². The Hall–Kier alpha value is -1.16. The molecule has 1 N–H and O–H groups in total. The minimum Gasteiger partial charge on any atom is -0.296 e. The summed E-state index contributed by atoms with van der Waals surface area (Å²) in [7, 11) is 0. The van der Waals surface area contributed by atoms with Crippen molar-refractivity contribution in [3.63, 3.8) is 0 Å². The summed E-state index contributed by atoms with van der Waals surface area (Å²) in [5.41, 5.74) is 3.03. The zero-order valence-corrected chi connectivity index (χ0v) is 8.48. The molecule has 0 saturated heterocycles. The zero-order chi connectivity index (χ0) is 9.42. The maximum absolute atomic E-state index is 5.21. The van der Waals surface area contributed by atoms with Crippen molar-refractivity contribution in [3.8, 4) is 0 Å². The monoisotopic (exact) mass is 193 g/mol. The molecular formula is C9H11N3S. The average Bonchev–Trinajstić information content (AvgIpc) is 2.46. The normalized spacial score (nSPS) is 10.9. The zero-order valence-electron chi connectivity index (χ0n) is 7.66. The van der Waals surface area contributed by atoms with Gasteiger partial charge in [-0.05, 0) is 19.4 Å². The first-order chi connectivity index (χ1) is 6.20. The van der Waals surface area contributed by atoms with Crippen molar-refractivity contribution in [2.75, 3.05) is 0 Å². The van der Waals surface area contributed by atoms with E-state index in [1.807, 2.05) is 23.6 Å². The summed E-state index contributed by atoms with van der Waals surface area (Å²) in [5, 5.41) is 3.13. The smallest absolute Gasteiger partial charge is 0.154 e. The molecule has 4 heteroatoms. The Morgan fingerprint density at radius 2 is 2.31 bits per heavy atom. The summed E-state index contributed by atoms with van der Waals surface area (Å²) in [6.07, 6.45) is 0.921. The molecule has 2 rings (SSSR count). The number of hydrogen-bond donors (Lipinski definition) is 1. The first-order valence-electron chi connectivity index (χ1n) is 4.29. The van der Waals surface area contributed by atoms with Crippen LogP contribution in [-0.4, -0.2) is 14.6 Å². The first kappa shape index (κ1) is 8.44. The molecule has 0 spiro atoms. The molecule has 0 amide bonds. The predicted molar refractivity (Wildman–Crippen MR) is 54.5 cm³/mol. The number of nitrogens with zero attached hydrogens (tertiary/aromatic N) is 2. The highest BCUT2D eigenvalue weighted by molar-refractivity contribution is 7.71. The lowest BCUT2D eigenvalue weighted by Gasteiger charge is -1.97. The van der Waals surface area contributed by atoms with E-state index < -0.39 is 0 Å². The highest BCUT2D eigenvalue weighted by atomic mass is 32.1. The van der Waals surface area contributed by atoms with E-state index in [0.717, 1.165) is 28.1 Å². The molecular weight excluding hydrogens is 182 g/mol. The molecule has 0 unspecified atom stereocenters. The Morgan fingerprint density at radius 1 is 1.54 bits per heavy atom. The van der Waals surface area contributed by atoms with Crippen LogP contribution in [0.5, 0.6) is 0 Å². The van der Waals surface area contributed by atoms with Crippen molar-refractivity contribution in [1.29, 1.82) is 0 Å². The highest BCUT2D eigenvalue weighted by Crippen LogP contribution is 2.06. The maximum atomic E-state index is 5.21. The molecule has 0 saturated carbocycles. The van der Waals surface area contributed by atoms with Gasteiger partial charge in [0.15, 0.2) is 5.65 Å². The van der Waals surface area contributed by atoms with Crippen LogP contribution in [0.15, 0.2) is 12.1 Å². The van der Waals surface area contributed by atoms with Crippen molar-refractivity contribution in [2.24, 2.45) is 0 Å². The number of H-pyrrole nitrogens is 1. The third-order valence-electron chi connectivity index (χ3n) is 1.99. The molecule has 0 aliphatic rings. The summed E-state index contributed by atoms with van der Waals surface area (Å²) in [6, 6.07) is 3.92. The van der Waals surface area contributed by atoms with Crippen LogP contribution in [0.25, 0.3) is 5.65 Å². The Bertz CT molecular complexity index is 495. The molecule has 0 aliphatic carbocycles. The van der Waals surface area contributed by atoms with Gasteiger partial charge in [0, 0.05) is 17.5 Å². The van der Waals surface area contributed by atoms with Gasteiger partial charge in [0.1, 0.15) is 4.64 Å². The largest absolute Gasteiger partial charge is 0.296 e. The number of rotatable bonds is 1. The van der Waals surface area contributed by atoms with E-state index in [1.54, 1.807) is 0 Å². The van der Waals surface area contributed by atoms with E-state index in [2.05, 4.69) is 17.0 Å². The summed E-state index contributed by atoms with van der Waals surface area (Å²) >= 11 is 5.21. The summed E-state index contributed by atoms with van der Waals surface area (Å²) in [6.45, 7) is 4.07. The van der Waals surface area contributed by atoms with Crippen LogP contribution in [0.1, 0.15) is 18.3 Å². The van der Waals surface area contributed by atoms with Crippen LogP contribution in [0, 0.1) is 11.6 Å². The SMILES string of the molecule is CCc1cc(=S)n2[nH]c(C)cc2n1. The molecule has 0 bridgehead atoms. The summed E-state index contributed by atoms with van der Waals surface area (Å²) in [4.78, 5) is 4.44. The van der Waals surface area contributed by atoms with Crippen molar-refractivity contribution in [2.45, 2.75) is 20.3 Å². The van der Waals surface area contributed by atoms with Gasteiger partial charge in [-0.15, -0.1) is 0 Å². The lowest BCUT2D eigenvalue weighted by Crippen LogP contribution is -1.95. The van der Waals surface area contributed by atoms with Gasteiger partial charge in [-0.2, -0.15) is 0 Å². The van der Waals surface area contributed by atoms with Crippen molar-refractivity contribution >= 4 is 17.9 Å². The lowest BCUT2D eigenvalue weighted by atomic mass is 10.3. The van der Waals surface area contributed by atoms with Gasteiger partial charge in [-0.25, -0.2) is 9.50 Å². The van der Waals surface area contributed by atoms with Gasteiger partial charge in [0.2, 0.25) is 0 Å². The van der Waals surface area contributed by atoms with Gasteiger partial charge in [0.25, 0.3) is 0 Å². The maximum Gasteiger partial charge on any atom is 0.154 e. The Balaban J connectivity index is 2.83. The Kier molecular flexibility index (Phi) is 1.92. The van der Waals surface area contributed by atoms with Crippen molar-refractivity contribution < 1.29 is 0 Å². The summed E-state index contributed by atoms with van der Waals surface area (Å²) in [5.74, 6) is 0. The minimum atomic E-state index is 0.787. The molecule has 2 heterocycles. The molecule has 2 aromatic rings. The number of nitrogens with one attached hydrogen (secondary N) is 1. The minimum absolute atomic E-state index is 0.787. The van der Waals surface area contributed by atoms with Crippen LogP contribution >= 0.6 is 12.2 Å². The van der Waals surface area contributed by atoms with Crippen LogP contribution in [-0.2, 0) is 6.42 Å². The fourth-order valence-electron chi connectivity index (χ4n) is 1.34. The molecule has 0 aliphatic heterocycles. The number of aromatic nitrogens is 3. The average molecular weight is 193 g/mol. The van der Waals surface area contributed by atoms with Gasteiger partial charge in [-0.3, -0.25) is 5.10 Å². The fraction of sp³-hybridized carbons (Fsp3) is 0.333. The molecule has 3 nitrogen and oxygen atoms in total. The molecule has 0 fully saturated rings. The van der Waals surface area contributed by atoms with Crippen molar-refractivity contribution in [1.82, 2.24) is 14.6 Å². The molecule has 68 valence electrons. The third kappa shape index (κ3) is 1.37. The van der Waals surface area contributed by atoms with Crippen LogP contribution in [0.2, 0.25) is 0 Å². The quantitative estimate of drug-likeness (QED) is 0.705. The summed E-state index contributed by atoms with van der Waals surface area (Å²) < 4.78 is 2.61. The van der Waals surface area contributed by atoms with E-state index in [9.17, 15) is 0 Å². The van der Waals surface area contributed by atoms with E-state index in [1.165, 1.54) is 0 Å². The van der Waals surface area contributed by atoms with E-state index in [4.69, 9.17) is 12.2 Å². The molecule has 0 atom stereocenters. The second kappa shape index (κ2) is 2.96. The first-order valence-corrected chi connectivity index (χ1v) is 4.70. The lowest BCUT2D eigenvalue weighted by molar-refractivity contribution is 0.884. The van der Waals surface area contributed by atoms with E-state index in [0.29, 0.717) is 0 Å². The van der Waals surface area contributed by atoms with Gasteiger partial charge >= 0.3 is 0 Å². The number of fused-ring (bicyclic) bond motifs is 1. The standard InChI is InChI=1S/C9H11N3S/c1-3-7-5-9(13)12-8(10-7)4-6(2)11-12/h4-5,11H,3H2,1-2H3. The second-order valence-corrected chi connectivity index (χ2v) is 3.49. The second-order valence-electron chi connectivity index (χ2n) is 3.07. The Morgan fingerprint density at radius 3 is 3.00 bits per heavy atom. The highest BCUT2D eigenvalue weighted by Gasteiger charge is 2.00. The van der Waals surface area contributed by atoms with Crippen molar-refractivity contribution in [3.05, 3.63) is 28.2 Å².